The lowest BCUT2D eigenvalue weighted by molar-refractivity contribution is 0.0701. The van der Waals surface area contributed by atoms with E-state index in [0.29, 0.717) is 11.4 Å². The van der Waals surface area contributed by atoms with Gasteiger partial charge in [0, 0.05) is 11.2 Å². The summed E-state index contributed by atoms with van der Waals surface area (Å²) in [5.74, 6) is 0.772. The molecule has 1 aromatic heterocycles. The van der Waals surface area contributed by atoms with E-state index >= 15 is 0 Å². The van der Waals surface area contributed by atoms with Gasteiger partial charge in [0.05, 0.1) is 0 Å². The Morgan fingerprint density at radius 2 is 2.19 bits per heavy atom. The molecule has 2 aromatic rings. The van der Waals surface area contributed by atoms with Crippen molar-refractivity contribution in [2.75, 3.05) is 6.54 Å². The largest absolute Gasteiger partial charge is 0.477 e. The molecule has 2 atom stereocenters. The van der Waals surface area contributed by atoms with E-state index in [1.54, 1.807) is 0 Å². The highest BCUT2D eigenvalue weighted by molar-refractivity contribution is 7.21. The van der Waals surface area contributed by atoms with Gasteiger partial charge in [-0.25, -0.2) is 4.79 Å². The highest BCUT2D eigenvalue weighted by Crippen LogP contribution is 2.32. The van der Waals surface area contributed by atoms with Crippen molar-refractivity contribution in [3.05, 3.63) is 34.7 Å². The summed E-state index contributed by atoms with van der Waals surface area (Å²) < 4.78 is 1.06. The van der Waals surface area contributed by atoms with Gasteiger partial charge < -0.3 is 10.4 Å². The van der Waals surface area contributed by atoms with E-state index in [9.17, 15) is 9.90 Å². The molecule has 1 fully saturated rings. The van der Waals surface area contributed by atoms with E-state index in [1.807, 2.05) is 24.3 Å². The molecular formula is C17H21NO2S. The van der Waals surface area contributed by atoms with Crippen molar-refractivity contribution in [3.63, 3.8) is 0 Å². The molecule has 21 heavy (non-hydrogen) atoms. The third-order valence-corrected chi connectivity index (χ3v) is 5.63. The Labute approximate surface area is 129 Å². The quantitative estimate of drug-likeness (QED) is 0.873. The minimum Gasteiger partial charge on any atom is -0.477 e. The topological polar surface area (TPSA) is 49.3 Å². The second-order valence-electron chi connectivity index (χ2n) is 6.13. The highest BCUT2D eigenvalue weighted by Gasteiger charge is 2.22. The average molecular weight is 303 g/mol. The fourth-order valence-electron chi connectivity index (χ4n) is 3.36. The van der Waals surface area contributed by atoms with Crippen molar-refractivity contribution in [1.82, 2.24) is 5.32 Å². The second kappa shape index (κ2) is 6.16. The van der Waals surface area contributed by atoms with Crippen LogP contribution in [0.25, 0.3) is 10.1 Å². The minimum atomic E-state index is -0.817. The lowest BCUT2D eigenvalue weighted by Crippen LogP contribution is -2.21. The molecule has 4 heteroatoms. The molecule has 3 rings (SSSR count). The molecule has 0 spiro atoms. The summed E-state index contributed by atoms with van der Waals surface area (Å²) in [5, 5.41) is 14.0. The van der Waals surface area contributed by atoms with Crippen LogP contribution < -0.4 is 5.32 Å². The highest BCUT2D eigenvalue weighted by atomic mass is 32.1. The van der Waals surface area contributed by atoms with Crippen LogP contribution in [-0.2, 0) is 6.54 Å². The summed E-state index contributed by atoms with van der Waals surface area (Å²) in [6, 6.07) is 7.95. The zero-order chi connectivity index (χ0) is 14.8. The number of benzene rings is 1. The summed E-state index contributed by atoms with van der Waals surface area (Å²) >= 11 is 1.38. The number of fused-ring (bicyclic) bond motifs is 1. The normalized spacial score (nSPS) is 22.0. The Hall–Kier alpha value is -1.39. The number of carbonyl (C=O) groups is 1. The van der Waals surface area contributed by atoms with Gasteiger partial charge in [-0.3, -0.25) is 0 Å². The van der Waals surface area contributed by atoms with E-state index in [1.165, 1.54) is 30.6 Å². The molecule has 2 unspecified atom stereocenters. The van der Waals surface area contributed by atoms with Gasteiger partial charge in [-0.2, -0.15) is 0 Å². The lowest BCUT2D eigenvalue weighted by Gasteiger charge is -2.11. The number of nitrogens with one attached hydrogen (secondary N) is 1. The van der Waals surface area contributed by atoms with Crippen molar-refractivity contribution in [2.45, 2.75) is 32.7 Å². The predicted octanol–water partition coefficient (Wildman–Crippen LogP) is 4.13. The molecule has 0 saturated heterocycles. The predicted molar refractivity (Wildman–Crippen MR) is 87.0 cm³/mol. The summed E-state index contributed by atoms with van der Waals surface area (Å²) in [6.45, 7) is 3.96. The van der Waals surface area contributed by atoms with E-state index in [-0.39, 0.29) is 0 Å². The number of carboxylic acid groups (broad SMARTS) is 1. The van der Waals surface area contributed by atoms with Crippen molar-refractivity contribution >= 4 is 27.4 Å². The Balaban J connectivity index is 1.73. The number of hydrogen-bond donors (Lipinski definition) is 2. The van der Waals surface area contributed by atoms with Crippen LogP contribution in [-0.4, -0.2) is 17.6 Å². The minimum absolute atomic E-state index is 0.475. The van der Waals surface area contributed by atoms with Crippen molar-refractivity contribution in [1.29, 1.82) is 0 Å². The first-order chi connectivity index (χ1) is 10.1. The Morgan fingerprint density at radius 3 is 2.90 bits per heavy atom. The molecule has 0 amide bonds. The second-order valence-corrected chi connectivity index (χ2v) is 7.18. The number of hydrogen-bond acceptors (Lipinski definition) is 3. The molecule has 2 N–H and O–H groups in total. The Bertz CT molecular complexity index is 649. The van der Waals surface area contributed by atoms with Crippen molar-refractivity contribution in [3.8, 4) is 0 Å². The molecule has 1 saturated carbocycles. The molecule has 3 nitrogen and oxygen atoms in total. The molecule has 1 aliphatic carbocycles. The van der Waals surface area contributed by atoms with Crippen LogP contribution in [0, 0.1) is 11.8 Å². The van der Waals surface area contributed by atoms with Crippen LogP contribution in [0.2, 0.25) is 0 Å². The zero-order valence-electron chi connectivity index (χ0n) is 12.3. The van der Waals surface area contributed by atoms with E-state index in [0.717, 1.165) is 34.0 Å². The van der Waals surface area contributed by atoms with Crippen molar-refractivity contribution in [2.24, 2.45) is 11.8 Å². The number of thiophene rings is 1. The first kappa shape index (κ1) is 14.5. The van der Waals surface area contributed by atoms with Gasteiger partial charge in [-0.15, -0.1) is 11.3 Å². The van der Waals surface area contributed by atoms with Crippen LogP contribution in [0.4, 0.5) is 0 Å². The Kier molecular flexibility index (Phi) is 4.27. The number of aromatic carboxylic acids is 1. The monoisotopic (exact) mass is 303 g/mol. The van der Waals surface area contributed by atoms with E-state index in [4.69, 9.17) is 0 Å². The first-order valence-corrected chi connectivity index (χ1v) is 8.41. The van der Waals surface area contributed by atoms with Crippen LogP contribution in [0.15, 0.2) is 24.3 Å². The molecule has 1 heterocycles. The molecular weight excluding hydrogens is 282 g/mol. The first-order valence-electron chi connectivity index (χ1n) is 7.59. The zero-order valence-corrected chi connectivity index (χ0v) is 13.1. The molecule has 0 radical (unpaired) electrons. The van der Waals surface area contributed by atoms with Gasteiger partial charge >= 0.3 is 5.97 Å². The molecule has 1 aliphatic rings. The third-order valence-electron chi connectivity index (χ3n) is 4.43. The lowest BCUT2D eigenvalue weighted by atomic mass is 10.1. The third kappa shape index (κ3) is 3.11. The van der Waals surface area contributed by atoms with Gasteiger partial charge in [0.2, 0.25) is 0 Å². The summed E-state index contributed by atoms with van der Waals surface area (Å²) in [7, 11) is 0. The maximum Gasteiger partial charge on any atom is 0.346 e. The van der Waals surface area contributed by atoms with Gasteiger partial charge in [0.25, 0.3) is 0 Å². The van der Waals surface area contributed by atoms with Crippen LogP contribution in [0.1, 0.15) is 41.4 Å². The molecule has 0 bridgehead atoms. The summed E-state index contributed by atoms with van der Waals surface area (Å²) in [6.07, 6.45) is 3.92. The maximum atomic E-state index is 11.4. The maximum absolute atomic E-state index is 11.4. The number of carboxylic acids is 1. The van der Waals surface area contributed by atoms with Crippen LogP contribution >= 0.6 is 11.3 Å². The molecule has 112 valence electrons. The van der Waals surface area contributed by atoms with Crippen molar-refractivity contribution < 1.29 is 9.90 Å². The smallest absolute Gasteiger partial charge is 0.346 e. The van der Waals surface area contributed by atoms with E-state index < -0.39 is 5.97 Å². The van der Waals surface area contributed by atoms with Gasteiger partial charge in [-0.05, 0) is 48.2 Å². The molecule has 1 aromatic carbocycles. The van der Waals surface area contributed by atoms with E-state index in [2.05, 4.69) is 12.2 Å². The summed E-state index contributed by atoms with van der Waals surface area (Å²) in [5.41, 5.74) is 0.939. The summed E-state index contributed by atoms with van der Waals surface area (Å²) in [4.78, 5) is 11.9. The average Bonchev–Trinajstić information content (AvgIpc) is 3.03. The standard InChI is InChI=1S/C17H21NO2S/c1-11-6-7-12(8-11)9-18-10-14-13-4-2-3-5-15(13)21-16(14)17(19)20/h2-5,11-12,18H,6-10H2,1H3,(H,19,20). The van der Waals surface area contributed by atoms with Crippen LogP contribution in [0.3, 0.4) is 0 Å². The fraction of sp³-hybridized carbons (Fsp3) is 0.471. The van der Waals surface area contributed by atoms with Crippen LogP contribution in [0.5, 0.6) is 0 Å². The number of rotatable bonds is 5. The van der Waals surface area contributed by atoms with Gasteiger partial charge in [-0.1, -0.05) is 31.5 Å². The molecule has 0 aliphatic heterocycles. The van der Waals surface area contributed by atoms with Gasteiger partial charge in [0.15, 0.2) is 0 Å². The fourth-order valence-corrected chi connectivity index (χ4v) is 4.42. The SMILES string of the molecule is CC1CCC(CNCc2c(C(=O)O)sc3ccccc23)C1. The van der Waals surface area contributed by atoms with Gasteiger partial charge in [0.1, 0.15) is 4.88 Å². The Morgan fingerprint density at radius 1 is 1.38 bits per heavy atom.